The summed E-state index contributed by atoms with van der Waals surface area (Å²) in [5, 5.41) is 0. The Bertz CT molecular complexity index is 490. The van der Waals surface area contributed by atoms with Gasteiger partial charge < -0.3 is 0 Å². The number of nitrogens with zero attached hydrogens (tertiary/aromatic N) is 1. The number of hydrogen-bond acceptors (Lipinski definition) is 2. The highest BCUT2D eigenvalue weighted by Crippen LogP contribution is 2.32. The molecule has 0 N–H and O–H groups in total. The Morgan fingerprint density at radius 1 is 1.00 bits per heavy atom. The van der Waals surface area contributed by atoms with Crippen molar-refractivity contribution < 1.29 is 4.79 Å². The first-order valence-corrected chi connectivity index (χ1v) is 7.38. The van der Waals surface area contributed by atoms with Gasteiger partial charge >= 0.3 is 0 Å². The number of ketones is 1. The summed E-state index contributed by atoms with van der Waals surface area (Å²) in [5.74, 6) is 0.280. The van der Waals surface area contributed by atoms with E-state index < -0.39 is 0 Å². The molecule has 0 bridgehead atoms. The number of carbonyl (C=O) groups is 1. The summed E-state index contributed by atoms with van der Waals surface area (Å²) in [6, 6.07) is 0. The molecule has 2 heteroatoms. The number of fused-ring (bicyclic) bond motifs is 2. The fourth-order valence-corrected chi connectivity index (χ4v) is 3.46. The maximum absolute atomic E-state index is 12.1. The van der Waals surface area contributed by atoms with Gasteiger partial charge in [0.25, 0.3) is 0 Å². The molecule has 2 aliphatic rings. The summed E-state index contributed by atoms with van der Waals surface area (Å²) in [6.45, 7) is 2.23. The van der Waals surface area contributed by atoms with Crippen molar-refractivity contribution in [3.8, 4) is 0 Å². The molecule has 0 aliphatic heterocycles. The van der Waals surface area contributed by atoms with Gasteiger partial charge in [0.2, 0.25) is 0 Å². The van der Waals surface area contributed by atoms with Crippen LogP contribution in [0.25, 0.3) is 0 Å². The molecule has 2 nitrogen and oxygen atoms in total. The van der Waals surface area contributed by atoms with Gasteiger partial charge in [0.05, 0.1) is 0 Å². The third kappa shape index (κ3) is 1.88. The highest BCUT2D eigenvalue weighted by molar-refractivity contribution is 5.97. The predicted octanol–water partition coefficient (Wildman–Crippen LogP) is 3.43. The van der Waals surface area contributed by atoms with Crippen LogP contribution < -0.4 is 0 Å². The highest BCUT2D eigenvalue weighted by atomic mass is 16.1. The lowest BCUT2D eigenvalue weighted by Gasteiger charge is -2.25. The van der Waals surface area contributed by atoms with Gasteiger partial charge in [0.15, 0.2) is 5.78 Å². The van der Waals surface area contributed by atoms with Crippen LogP contribution in [0, 0.1) is 0 Å². The Morgan fingerprint density at radius 2 is 1.78 bits per heavy atom. The van der Waals surface area contributed by atoms with Crippen molar-refractivity contribution in [2.75, 3.05) is 0 Å². The Hall–Kier alpha value is -1.18. The lowest BCUT2D eigenvalue weighted by atomic mass is 9.82. The first kappa shape index (κ1) is 11.9. The third-order valence-electron chi connectivity index (χ3n) is 4.29. The van der Waals surface area contributed by atoms with E-state index in [2.05, 4.69) is 6.92 Å². The Morgan fingerprint density at radius 3 is 2.61 bits per heavy atom. The van der Waals surface area contributed by atoms with Crippen molar-refractivity contribution >= 4 is 5.78 Å². The van der Waals surface area contributed by atoms with Gasteiger partial charge in [-0.1, -0.05) is 13.3 Å². The molecule has 0 saturated heterocycles. The van der Waals surface area contributed by atoms with Crippen LogP contribution in [0.4, 0.5) is 0 Å². The number of aromatic nitrogens is 1. The molecule has 0 radical (unpaired) electrons. The smallest absolute Gasteiger partial charge is 0.181 e. The first-order chi connectivity index (χ1) is 8.81. The Kier molecular flexibility index (Phi) is 3.19. The molecule has 0 unspecified atom stereocenters. The second-order valence-electron chi connectivity index (χ2n) is 5.58. The van der Waals surface area contributed by atoms with E-state index in [0.29, 0.717) is 6.42 Å². The number of Topliss-reactive ketones (excluding diaryl/α,β-unsaturated/α-hetero) is 1. The van der Waals surface area contributed by atoms with E-state index in [1.54, 1.807) is 0 Å². The quantitative estimate of drug-likeness (QED) is 0.796. The van der Waals surface area contributed by atoms with Crippen LogP contribution >= 0.6 is 0 Å². The van der Waals surface area contributed by atoms with Crippen LogP contribution in [-0.2, 0) is 25.7 Å². The van der Waals surface area contributed by atoms with Crippen LogP contribution in [0.2, 0.25) is 0 Å². The largest absolute Gasteiger partial charge is 0.292 e. The molecule has 18 heavy (non-hydrogen) atoms. The predicted molar refractivity (Wildman–Crippen MR) is 72.1 cm³/mol. The molecule has 0 spiro atoms. The maximum Gasteiger partial charge on any atom is 0.181 e. The zero-order chi connectivity index (χ0) is 12.5. The summed E-state index contributed by atoms with van der Waals surface area (Å²) < 4.78 is 0. The number of carbonyl (C=O) groups excluding carboxylic acids is 1. The molecule has 2 aliphatic carbocycles. The Balaban J connectivity index is 2.18. The molecule has 1 heterocycles. The van der Waals surface area contributed by atoms with Gasteiger partial charge in [-0.25, -0.2) is 4.98 Å². The summed E-state index contributed by atoms with van der Waals surface area (Å²) in [6.07, 6.45) is 9.85. The Labute approximate surface area is 109 Å². The van der Waals surface area contributed by atoms with Gasteiger partial charge in [-0.15, -0.1) is 0 Å². The molecule has 1 aromatic heterocycles. The molecule has 0 aromatic carbocycles. The lowest BCUT2D eigenvalue weighted by Crippen LogP contribution is -2.21. The molecule has 1 aromatic rings. The molecule has 3 rings (SSSR count). The summed E-state index contributed by atoms with van der Waals surface area (Å²) in [5.41, 5.74) is 6.35. The average molecular weight is 243 g/mol. The van der Waals surface area contributed by atoms with Gasteiger partial charge in [0, 0.05) is 12.1 Å². The average Bonchev–Trinajstić information content (AvgIpc) is 2.40. The molecule has 0 atom stereocenters. The SMILES string of the molecule is CCCc1c2c(nc3c1CCCC3=O)CCCC2. The molecule has 0 saturated carbocycles. The van der Waals surface area contributed by atoms with Gasteiger partial charge in [0.1, 0.15) is 5.69 Å². The zero-order valence-corrected chi connectivity index (χ0v) is 11.2. The van der Waals surface area contributed by atoms with Crippen molar-refractivity contribution in [3.05, 3.63) is 28.1 Å². The van der Waals surface area contributed by atoms with Crippen LogP contribution in [-0.4, -0.2) is 10.8 Å². The second kappa shape index (κ2) is 4.83. The minimum Gasteiger partial charge on any atom is -0.292 e. The van der Waals surface area contributed by atoms with Gasteiger partial charge in [-0.05, 0) is 61.6 Å². The normalized spacial score (nSPS) is 18.4. The van der Waals surface area contributed by atoms with Crippen molar-refractivity contribution in [2.45, 2.75) is 64.7 Å². The van der Waals surface area contributed by atoms with Crippen LogP contribution in [0.5, 0.6) is 0 Å². The number of rotatable bonds is 2. The van der Waals surface area contributed by atoms with Gasteiger partial charge in [-0.3, -0.25) is 4.79 Å². The summed E-state index contributed by atoms with van der Waals surface area (Å²) >= 11 is 0. The monoisotopic (exact) mass is 243 g/mol. The van der Waals surface area contributed by atoms with E-state index in [-0.39, 0.29) is 5.78 Å². The molecule has 96 valence electrons. The van der Waals surface area contributed by atoms with Crippen molar-refractivity contribution in [1.29, 1.82) is 0 Å². The minimum absolute atomic E-state index is 0.280. The summed E-state index contributed by atoms with van der Waals surface area (Å²) in [7, 11) is 0. The highest BCUT2D eigenvalue weighted by Gasteiger charge is 2.26. The maximum atomic E-state index is 12.1. The number of pyridine rings is 1. The zero-order valence-electron chi connectivity index (χ0n) is 11.2. The van der Waals surface area contributed by atoms with Crippen LogP contribution in [0.1, 0.15) is 71.9 Å². The fraction of sp³-hybridized carbons (Fsp3) is 0.625. The standard InChI is InChI=1S/C16H21NO/c1-2-6-11-12-7-3-4-9-14(12)17-16-13(11)8-5-10-15(16)18/h2-10H2,1H3. The number of hydrogen-bond donors (Lipinski definition) is 0. The van der Waals surface area contributed by atoms with Crippen LogP contribution in [0.3, 0.4) is 0 Å². The third-order valence-corrected chi connectivity index (χ3v) is 4.29. The second-order valence-corrected chi connectivity index (χ2v) is 5.58. The topological polar surface area (TPSA) is 30.0 Å². The molecule has 0 amide bonds. The van der Waals surface area contributed by atoms with E-state index in [9.17, 15) is 4.79 Å². The first-order valence-electron chi connectivity index (χ1n) is 7.38. The van der Waals surface area contributed by atoms with E-state index in [4.69, 9.17) is 4.98 Å². The number of aryl methyl sites for hydroxylation is 1. The summed E-state index contributed by atoms with van der Waals surface area (Å²) in [4.78, 5) is 16.8. The molecular weight excluding hydrogens is 222 g/mol. The molecule has 0 fully saturated rings. The lowest BCUT2D eigenvalue weighted by molar-refractivity contribution is 0.0966. The fourth-order valence-electron chi connectivity index (χ4n) is 3.46. The van der Waals surface area contributed by atoms with Gasteiger partial charge in [-0.2, -0.15) is 0 Å². The van der Waals surface area contributed by atoms with E-state index in [1.807, 2.05) is 0 Å². The van der Waals surface area contributed by atoms with E-state index in [0.717, 1.165) is 37.8 Å². The van der Waals surface area contributed by atoms with E-state index >= 15 is 0 Å². The van der Waals surface area contributed by atoms with Crippen molar-refractivity contribution in [1.82, 2.24) is 4.98 Å². The van der Waals surface area contributed by atoms with Crippen molar-refractivity contribution in [2.24, 2.45) is 0 Å². The van der Waals surface area contributed by atoms with Crippen LogP contribution in [0.15, 0.2) is 0 Å². The minimum atomic E-state index is 0.280. The van der Waals surface area contributed by atoms with E-state index in [1.165, 1.54) is 41.6 Å². The molecular formula is C16H21NO. The van der Waals surface area contributed by atoms with Crippen molar-refractivity contribution in [3.63, 3.8) is 0 Å².